The molecule has 6 nitrogen and oxygen atoms in total. The quantitative estimate of drug-likeness (QED) is 0.767. The maximum Gasteiger partial charge on any atom is 0.231 e. The van der Waals surface area contributed by atoms with Crippen molar-refractivity contribution in [3.05, 3.63) is 46.2 Å². The third-order valence-electron chi connectivity index (χ3n) is 5.12. The summed E-state index contributed by atoms with van der Waals surface area (Å²) in [5.41, 5.74) is 1.79. The van der Waals surface area contributed by atoms with E-state index in [9.17, 15) is 9.59 Å². The highest BCUT2D eigenvalue weighted by atomic mass is 32.1. The van der Waals surface area contributed by atoms with Gasteiger partial charge in [0.2, 0.25) is 18.6 Å². The number of thiophene rings is 1. The number of nitrogens with one attached hydrogen (secondary N) is 2. The Morgan fingerprint density at radius 2 is 2.11 bits per heavy atom. The van der Waals surface area contributed by atoms with Gasteiger partial charge in [0.15, 0.2) is 11.5 Å². The minimum atomic E-state index is -0.384. The van der Waals surface area contributed by atoms with Gasteiger partial charge in [-0.1, -0.05) is 6.07 Å². The molecule has 1 fully saturated rings. The standard InChI is InChI=1S/C20H22N2O4S/c23-18(21-11-15-5-8-27-12-15)3-6-20(7-4-19(24)22-20)10-14-1-2-16-17(9-14)26-13-25-16/h1-2,5,8-9,12H,3-4,6-7,10-11,13H2,(H,21,23)(H,22,24)/t20-/m0/s1. The molecule has 0 aliphatic carbocycles. The van der Waals surface area contributed by atoms with Gasteiger partial charge in [-0.3, -0.25) is 9.59 Å². The van der Waals surface area contributed by atoms with Crippen LogP contribution in [-0.2, 0) is 22.6 Å². The van der Waals surface area contributed by atoms with Crippen molar-refractivity contribution in [2.75, 3.05) is 6.79 Å². The molecular weight excluding hydrogens is 364 g/mol. The zero-order valence-corrected chi connectivity index (χ0v) is 15.8. The zero-order valence-electron chi connectivity index (χ0n) is 15.0. The Labute approximate surface area is 161 Å². The summed E-state index contributed by atoms with van der Waals surface area (Å²) in [4.78, 5) is 24.2. The number of hydrogen-bond donors (Lipinski definition) is 2. The molecule has 142 valence electrons. The molecule has 2 amide bonds. The smallest absolute Gasteiger partial charge is 0.231 e. The molecule has 0 saturated carbocycles. The van der Waals surface area contributed by atoms with Crippen LogP contribution < -0.4 is 20.1 Å². The fourth-order valence-electron chi connectivity index (χ4n) is 3.66. The van der Waals surface area contributed by atoms with Gasteiger partial charge in [-0.15, -0.1) is 0 Å². The van der Waals surface area contributed by atoms with Gasteiger partial charge in [0.05, 0.1) is 0 Å². The summed E-state index contributed by atoms with van der Waals surface area (Å²) in [6.07, 6.45) is 2.91. The lowest BCUT2D eigenvalue weighted by Gasteiger charge is -2.29. The molecule has 0 radical (unpaired) electrons. The van der Waals surface area contributed by atoms with Crippen LogP contribution in [0.25, 0.3) is 0 Å². The molecule has 4 rings (SSSR count). The van der Waals surface area contributed by atoms with Crippen LogP contribution in [0.3, 0.4) is 0 Å². The third-order valence-corrected chi connectivity index (χ3v) is 5.85. The molecule has 1 atom stereocenters. The second kappa shape index (κ2) is 7.60. The van der Waals surface area contributed by atoms with E-state index < -0.39 is 0 Å². The van der Waals surface area contributed by atoms with Crippen molar-refractivity contribution in [3.8, 4) is 11.5 Å². The van der Waals surface area contributed by atoms with Crippen LogP contribution in [0.2, 0.25) is 0 Å². The van der Waals surface area contributed by atoms with Crippen LogP contribution in [-0.4, -0.2) is 24.1 Å². The second-order valence-corrected chi connectivity index (χ2v) is 7.88. The maximum absolute atomic E-state index is 12.3. The van der Waals surface area contributed by atoms with Gasteiger partial charge < -0.3 is 20.1 Å². The number of fused-ring (bicyclic) bond motifs is 1. The van der Waals surface area contributed by atoms with Crippen molar-refractivity contribution in [1.82, 2.24) is 10.6 Å². The second-order valence-electron chi connectivity index (χ2n) is 7.10. The maximum atomic E-state index is 12.3. The van der Waals surface area contributed by atoms with E-state index in [1.165, 1.54) is 0 Å². The van der Waals surface area contributed by atoms with E-state index in [2.05, 4.69) is 10.6 Å². The molecule has 0 unspecified atom stereocenters. The number of hydrogen-bond acceptors (Lipinski definition) is 5. The van der Waals surface area contributed by atoms with Gasteiger partial charge in [-0.2, -0.15) is 11.3 Å². The average molecular weight is 386 g/mol. The van der Waals surface area contributed by atoms with Crippen molar-refractivity contribution in [3.63, 3.8) is 0 Å². The van der Waals surface area contributed by atoms with Gasteiger partial charge in [-0.25, -0.2) is 0 Å². The first-order chi connectivity index (χ1) is 13.1. The van der Waals surface area contributed by atoms with Gasteiger partial charge in [0, 0.05) is 24.9 Å². The molecule has 1 aromatic carbocycles. The Bertz CT molecular complexity index is 837. The van der Waals surface area contributed by atoms with Crippen molar-refractivity contribution in [1.29, 1.82) is 0 Å². The lowest BCUT2D eigenvalue weighted by Crippen LogP contribution is -2.44. The highest BCUT2D eigenvalue weighted by Crippen LogP contribution is 2.35. The van der Waals surface area contributed by atoms with E-state index in [0.29, 0.717) is 32.2 Å². The number of rotatable bonds is 7. The van der Waals surface area contributed by atoms with E-state index in [-0.39, 0.29) is 24.1 Å². The molecule has 1 aromatic heterocycles. The first-order valence-corrected chi connectivity index (χ1v) is 10.0. The molecule has 2 N–H and O–H groups in total. The van der Waals surface area contributed by atoms with Crippen molar-refractivity contribution in [2.45, 2.75) is 44.2 Å². The Hall–Kier alpha value is -2.54. The molecule has 3 heterocycles. The van der Waals surface area contributed by atoms with E-state index in [1.807, 2.05) is 35.0 Å². The first kappa shape index (κ1) is 17.9. The Morgan fingerprint density at radius 1 is 1.22 bits per heavy atom. The Balaban J connectivity index is 1.38. The number of benzene rings is 1. The number of amides is 2. The van der Waals surface area contributed by atoms with Crippen LogP contribution in [0.5, 0.6) is 11.5 Å². The lowest BCUT2D eigenvalue weighted by molar-refractivity contribution is -0.122. The summed E-state index contributed by atoms with van der Waals surface area (Å²) < 4.78 is 10.8. The van der Waals surface area contributed by atoms with Gasteiger partial charge in [0.25, 0.3) is 0 Å². The van der Waals surface area contributed by atoms with Gasteiger partial charge >= 0.3 is 0 Å². The highest BCUT2D eigenvalue weighted by molar-refractivity contribution is 7.07. The molecule has 27 heavy (non-hydrogen) atoms. The number of carbonyl (C=O) groups excluding carboxylic acids is 2. The lowest BCUT2D eigenvalue weighted by atomic mass is 9.85. The van der Waals surface area contributed by atoms with Gasteiger partial charge in [-0.05, 0) is 59.3 Å². The summed E-state index contributed by atoms with van der Waals surface area (Å²) in [7, 11) is 0. The molecular formula is C20H22N2O4S. The van der Waals surface area contributed by atoms with Crippen LogP contribution >= 0.6 is 11.3 Å². The topological polar surface area (TPSA) is 76.7 Å². The van der Waals surface area contributed by atoms with E-state index in [0.717, 1.165) is 29.0 Å². The molecule has 0 spiro atoms. The monoisotopic (exact) mass is 386 g/mol. The predicted octanol–water partition coefficient (Wildman–Crippen LogP) is 2.76. The SMILES string of the molecule is O=C(CC[C@@]1(Cc2ccc3c(c2)OCO3)CCC(=O)N1)NCc1ccsc1. The minimum absolute atomic E-state index is 0.00686. The normalized spacial score (nSPS) is 20.5. The predicted molar refractivity (Wildman–Crippen MR) is 102 cm³/mol. The molecule has 2 aliphatic rings. The summed E-state index contributed by atoms with van der Waals surface area (Å²) in [6.45, 7) is 0.787. The van der Waals surface area contributed by atoms with Crippen LogP contribution in [0, 0.1) is 0 Å². The van der Waals surface area contributed by atoms with E-state index in [1.54, 1.807) is 11.3 Å². The highest BCUT2D eigenvalue weighted by Gasteiger charge is 2.38. The molecule has 2 aliphatic heterocycles. The minimum Gasteiger partial charge on any atom is -0.454 e. The Morgan fingerprint density at radius 3 is 2.89 bits per heavy atom. The fraction of sp³-hybridized carbons (Fsp3) is 0.400. The number of ether oxygens (including phenoxy) is 2. The Kier molecular flexibility index (Phi) is 5.03. The zero-order chi connectivity index (χ0) is 18.7. The van der Waals surface area contributed by atoms with Crippen LogP contribution in [0.1, 0.15) is 36.8 Å². The van der Waals surface area contributed by atoms with Gasteiger partial charge in [0.1, 0.15) is 0 Å². The van der Waals surface area contributed by atoms with Crippen molar-refractivity contribution in [2.24, 2.45) is 0 Å². The summed E-state index contributed by atoms with van der Waals surface area (Å²) in [5, 5.41) is 10.1. The summed E-state index contributed by atoms with van der Waals surface area (Å²) in [5.74, 6) is 1.54. The largest absolute Gasteiger partial charge is 0.454 e. The molecule has 0 bridgehead atoms. The fourth-order valence-corrected chi connectivity index (χ4v) is 4.33. The summed E-state index contributed by atoms with van der Waals surface area (Å²) in [6, 6.07) is 7.86. The van der Waals surface area contributed by atoms with Crippen molar-refractivity contribution >= 4 is 23.2 Å². The number of carbonyl (C=O) groups is 2. The van der Waals surface area contributed by atoms with Crippen LogP contribution in [0.15, 0.2) is 35.0 Å². The molecule has 2 aromatic rings. The van der Waals surface area contributed by atoms with Crippen LogP contribution in [0.4, 0.5) is 0 Å². The van der Waals surface area contributed by atoms with Crippen molar-refractivity contribution < 1.29 is 19.1 Å². The third kappa shape index (κ3) is 4.24. The first-order valence-electron chi connectivity index (χ1n) is 9.09. The van der Waals surface area contributed by atoms with E-state index in [4.69, 9.17) is 9.47 Å². The molecule has 1 saturated heterocycles. The summed E-state index contributed by atoms with van der Waals surface area (Å²) >= 11 is 1.62. The average Bonchev–Trinajstić information content (AvgIpc) is 3.40. The molecule has 7 heteroatoms. The van der Waals surface area contributed by atoms with E-state index >= 15 is 0 Å².